The van der Waals surface area contributed by atoms with Gasteiger partial charge in [0, 0.05) is 0 Å². The molecule has 0 aromatic carbocycles. The molecule has 0 spiro atoms. The molecule has 3 heteroatoms. The van der Waals surface area contributed by atoms with E-state index < -0.39 is 0 Å². The molecule has 0 aliphatic carbocycles. The Bertz CT molecular complexity index is 149. The average molecular weight is 164 g/mol. The van der Waals surface area contributed by atoms with Crippen LogP contribution in [0.1, 0.15) is 13.8 Å². The molecule has 0 radical (unpaired) electrons. The van der Waals surface area contributed by atoms with Crippen molar-refractivity contribution in [3.63, 3.8) is 0 Å². The molecule has 2 nitrogen and oxygen atoms in total. The van der Waals surface area contributed by atoms with Gasteiger partial charge in [-0.25, -0.2) is 0 Å². The molecule has 0 aromatic rings. The van der Waals surface area contributed by atoms with Gasteiger partial charge in [0.1, 0.15) is 0 Å². The van der Waals surface area contributed by atoms with Crippen LogP contribution in [0.2, 0.25) is 0 Å². The summed E-state index contributed by atoms with van der Waals surface area (Å²) in [6.45, 7) is 3.21. The number of esters is 1. The summed E-state index contributed by atoms with van der Waals surface area (Å²) < 4.78 is 5.13. The van der Waals surface area contributed by atoms with Crippen molar-refractivity contribution < 1.29 is 25.4 Å². The zero-order valence-electron chi connectivity index (χ0n) is 5.38. The van der Waals surface area contributed by atoms with Crippen molar-refractivity contribution in [3.8, 4) is 0 Å². The molecule has 0 aliphatic rings. The van der Waals surface area contributed by atoms with Crippen LogP contribution in [0.25, 0.3) is 0 Å². The van der Waals surface area contributed by atoms with Crippen LogP contribution in [0.3, 0.4) is 0 Å². The Morgan fingerprint density at radius 2 is 2.22 bits per heavy atom. The van der Waals surface area contributed by atoms with Crippen molar-refractivity contribution in [2.24, 2.45) is 0 Å². The molecule has 0 unspecified atom stereocenters. The van der Waals surface area contributed by atoms with Crippen molar-refractivity contribution in [1.82, 2.24) is 0 Å². The molecule has 50 valence electrons. The van der Waals surface area contributed by atoms with E-state index in [-0.39, 0.29) is 5.97 Å². The van der Waals surface area contributed by atoms with Gasteiger partial charge in [-0.15, -0.1) is 0 Å². The zero-order chi connectivity index (χ0) is 7.28. The second kappa shape index (κ2) is 4.49. The second-order valence-corrected chi connectivity index (χ2v) is 2.04. The molecule has 0 bridgehead atoms. The topological polar surface area (TPSA) is 26.3 Å². The minimum atomic E-state index is -0.304. The van der Waals surface area contributed by atoms with E-state index in [2.05, 4.69) is 20.6 Å². The van der Waals surface area contributed by atoms with E-state index in [1.807, 2.05) is 6.92 Å². The number of hydrogen-bond donors (Lipinski definition) is 0. The molecule has 0 rings (SSSR count). The summed E-state index contributed by atoms with van der Waals surface area (Å²) in [5.74, 6) is -0.304. The summed E-state index contributed by atoms with van der Waals surface area (Å²) in [4.78, 5) is 10.2. The molecule has 0 aromatic heterocycles. The Morgan fingerprint density at radius 1 is 1.67 bits per heavy atom. The molecule has 0 saturated heterocycles. The first-order valence-electron chi connectivity index (χ1n) is 2.52. The fourth-order valence-corrected chi connectivity index (χ4v) is 0.708. The van der Waals surface area contributed by atoms with E-state index in [0.717, 1.165) is 0 Å². The van der Waals surface area contributed by atoms with E-state index in [1.165, 1.54) is 6.92 Å². The van der Waals surface area contributed by atoms with Gasteiger partial charge in [0.15, 0.2) is 0 Å². The minimum absolute atomic E-state index is 0.304. The van der Waals surface area contributed by atoms with Crippen LogP contribution in [-0.4, -0.2) is 10.5 Å². The summed E-state index contributed by atoms with van der Waals surface area (Å²) in [5.41, 5.74) is 0. The summed E-state index contributed by atoms with van der Waals surface area (Å²) in [5, 5.41) is 0. The average Bonchev–Trinajstić information content (AvgIpc) is 1.63. The molecular weight excluding hydrogens is 156 g/mol. The molecular formula is C6H8CrO2. The Hall–Kier alpha value is -0.388. The van der Waals surface area contributed by atoms with Gasteiger partial charge in [0.05, 0.1) is 0 Å². The summed E-state index contributed by atoms with van der Waals surface area (Å²) in [7, 11) is 0. The van der Waals surface area contributed by atoms with Gasteiger partial charge in [-0.2, -0.15) is 0 Å². The number of hydrogen-bond acceptors (Lipinski definition) is 2. The van der Waals surface area contributed by atoms with Gasteiger partial charge in [0.2, 0.25) is 0 Å². The Balaban J connectivity index is 3.64. The van der Waals surface area contributed by atoms with Crippen LogP contribution >= 0.6 is 0 Å². The van der Waals surface area contributed by atoms with Crippen LogP contribution in [-0.2, 0) is 25.4 Å². The standard InChI is InChI=1S/C6H8O2.Cr/c1-3-4-5-8-6(2)7;/h3-4H,1-2H3;/b4-3+;. The predicted molar refractivity (Wildman–Crippen MR) is 31.6 cm³/mol. The Kier molecular flexibility index (Phi) is 4.29. The molecule has 0 saturated carbocycles. The first-order valence-corrected chi connectivity index (χ1v) is 3.15. The van der Waals surface area contributed by atoms with Gasteiger partial charge >= 0.3 is 61.9 Å². The maximum absolute atomic E-state index is 10.2. The molecule has 9 heavy (non-hydrogen) atoms. The van der Waals surface area contributed by atoms with E-state index in [1.54, 1.807) is 12.2 Å². The molecule has 0 aliphatic heterocycles. The van der Waals surface area contributed by atoms with Crippen LogP contribution in [0.15, 0.2) is 12.2 Å². The van der Waals surface area contributed by atoms with Gasteiger partial charge < -0.3 is 0 Å². The molecule has 0 heterocycles. The molecule has 0 atom stereocenters. The fourth-order valence-electron chi connectivity index (χ4n) is 0.312. The molecule has 0 amide bonds. The quantitative estimate of drug-likeness (QED) is 0.564. The van der Waals surface area contributed by atoms with Crippen LogP contribution in [0, 0.1) is 0 Å². The monoisotopic (exact) mass is 164 g/mol. The van der Waals surface area contributed by atoms with Crippen molar-refractivity contribution in [3.05, 3.63) is 12.2 Å². The molecule has 0 N–H and O–H groups in total. The second-order valence-electron chi connectivity index (χ2n) is 1.41. The van der Waals surface area contributed by atoms with Crippen molar-refractivity contribution >= 4 is 10.5 Å². The van der Waals surface area contributed by atoms with Crippen LogP contribution in [0.4, 0.5) is 0 Å². The third-order valence-electron chi connectivity index (χ3n) is 0.547. The zero-order valence-corrected chi connectivity index (χ0v) is 6.65. The van der Waals surface area contributed by atoms with E-state index in [9.17, 15) is 4.79 Å². The van der Waals surface area contributed by atoms with Gasteiger partial charge in [-0.3, -0.25) is 0 Å². The predicted octanol–water partition coefficient (Wildman–Crippen LogP) is 0.802. The number of rotatable bonds is 2. The number of carbonyl (C=O) groups excluding carboxylic acids is 1. The van der Waals surface area contributed by atoms with Gasteiger partial charge in [0.25, 0.3) is 0 Å². The molecule has 0 fully saturated rings. The Morgan fingerprint density at radius 3 is 2.56 bits per heavy atom. The van der Waals surface area contributed by atoms with Crippen molar-refractivity contribution in [2.75, 3.05) is 0 Å². The van der Waals surface area contributed by atoms with Gasteiger partial charge in [-0.05, 0) is 0 Å². The fraction of sp³-hybridized carbons (Fsp3) is 0.333. The van der Waals surface area contributed by atoms with E-state index in [0.29, 0.717) is 4.57 Å². The van der Waals surface area contributed by atoms with E-state index >= 15 is 0 Å². The normalized spacial score (nSPS) is 9.56. The van der Waals surface area contributed by atoms with E-state index in [4.69, 9.17) is 0 Å². The Labute approximate surface area is 62.5 Å². The summed E-state index contributed by atoms with van der Waals surface area (Å²) >= 11 is 2.60. The van der Waals surface area contributed by atoms with Crippen LogP contribution < -0.4 is 0 Å². The summed E-state index contributed by atoms with van der Waals surface area (Å²) in [6, 6.07) is 0. The van der Waals surface area contributed by atoms with Crippen molar-refractivity contribution in [2.45, 2.75) is 13.8 Å². The number of allylic oxidation sites excluding steroid dienone is 1. The number of carbonyl (C=O) groups is 1. The van der Waals surface area contributed by atoms with Gasteiger partial charge in [-0.1, -0.05) is 0 Å². The third-order valence-corrected chi connectivity index (χ3v) is 0.890. The first-order chi connectivity index (χ1) is 4.16. The first kappa shape index (κ1) is 8.61. The van der Waals surface area contributed by atoms with Crippen molar-refractivity contribution in [1.29, 1.82) is 0 Å². The summed E-state index contributed by atoms with van der Waals surface area (Å²) in [6.07, 6.45) is 3.47. The number of ether oxygens (including phenoxy) is 1. The van der Waals surface area contributed by atoms with Crippen LogP contribution in [0.5, 0.6) is 0 Å². The third kappa shape index (κ3) is 5.48. The maximum atomic E-state index is 10.2. The SMILES string of the molecule is C/C=C/[C](=[Cr])OC(C)=O.